The van der Waals surface area contributed by atoms with Crippen molar-refractivity contribution in [3.63, 3.8) is 0 Å². The zero-order valence-electron chi connectivity index (χ0n) is 14.5. The molecule has 122 valence electrons. The minimum Gasteiger partial charge on any atom is -0.444 e. The number of amidine groups is 1. The van der Waals surface area contributed by atoms with E-state index in [1.807, 2.05) is 20.8 Å². The maximum absolute atomic E-state index is 12.1. The van der Waals surface area contributed by atoms with E-state index in [0.29, 0.717) is 19.6 Å². The number of nitrogens with zero attached hydrogens (tertiary/aromatic N) is 3. The predicted octanol–water partition coefficient (Wildman–Crippen LogP) is 1.57. The standard InChI is InChI=1S/C15H30N4O2/c1-14(2,3)21-13(20)19-9-8-16-12(10-19)17-11-15(4,5)18(6)7/h8-11H2,1-7H3,(H,16,17). The van der Waals surface area contributed by atoms with Gasteiger partial charge in [0.2, 0.25) is 0 Å². The first kappa shape index (κ1) is 17.8. The van der Waals surface area contributed by atoms with Crippen LogP contribution in [0.15, 0.2) is 4.99 Å². The number of hydrogen-bond acceptors (Lipinski definition) is 5. The highest BCUT2D eigenvalue weighted by atomic mass is 16.6. The first-order chi connectivity index (χ1) is 9.51. The van der Waals surface area contributed by atoms with Gasteiger partial charge >= 0.3 is 6.09 Å². The summed E-state index contributed by atoms with van der Waals surface area (Å²) in [6.07, 6.45) is -0.274. The summed E-state index contributed by atoms with van der Waals surface area (Å²) >= 11 is 0. The van der Waals surface area contributed by atoms with Crippen LogP contribution in [0.1, 0.15) is 34.6 Å². The van der Waals surface area contributed by atoms with Crippen molar-refractivity contribution in [3.05, 3.63) is 0 Å². The number of carbonyl (C=O) groups is 1. The van der Waals surface area contributed by atoms with Crippen molar-refractivity contribution in [2.24, 2.45) is 4.99 Å². The van der Waals surface area contributed by atoms with Crippen LogP contribution in [0.3, 0.4) is 0 Å². The number of amides is 1. The summed E-state index contributed by atoms with van der Waals surface area (Å²) in [6, 6.07) is 0. The van der Waals surface area contributed by atoms with Crippen molar-refractivity contribution in [3.8, 4) is 0 Å². The number of aliphatic imine (C=N–C) groups is 1. The predicted molar refractivity (Wildman–Crippen MR) is 85.9 cm³/mol. The van der Waals surface area contributed by atoms with Crippen LogP contribution in [-0.2, 0) is 4.74 Å². The Bertz CT molecular complexity index is 397. The lowest BCUT2D eigenvalue weighted by atomic mass is 10.0. The number of carbonyl (C=O) groups excluding carboxylic acids is 1. The van der Waals surface area contributed by atoms with Gasteiger partial charge in [0, 0.05) is 18.6 Å². The molecule has 0 aromatic heterocycles. The van der Waals surface area contributed by atoms with E-state index in [1.165, 1.54) is 0 Å². The van der Waals surface area contributed by atoms with Gasteiger partial charge in [-0.25, -0.2) is 4.79 Å². The Morgan fingerprint density at radius 1 is 1.33 bits per heavy atom. The highest BCUT2D eigenvalue weighted by Crippen LogP contribution is 2.12. The summed E-state index contributed by atoms with van der Waals surface area (Å²) in [6.45, 7) is 12.4. The molecule has 0 saturated heterocycles. The SMILES string of the molecule is CN(C)C(C)(C)CNC1=NCCN(C(=O)OC(C)(C)C)C1. The molecule has 6 nitrogen and oxygen atoms in total. The molecular weight excluding hydrogens is 268 g/mol. The third kappa shape index (κ3) is 5.91. The molecule has 1 aliphatic heterocycles. The van der Waals surface area contributed by atoms with Crippen LogP contribution in [0, 0.1) is 0 Å². The molecule has 1 N–H and O–H groups in total. The zero-order valence-corrected chi connectivity index (χ0v) is 14.5. The molecule has 0 atom stereocenters. The Morgan fingerprint density at radius 3 is 2.48 bits per heavy atom. The van der Waals surface area contributed by atoms with Gasteiger partial charge in [-0.3, -0.25) is 9.89 Å². The maximum atomic E-state index is 12.1. The van der Waals surface area contributed by atoms with Gasteiger partial charge in [-0.1, -0.05) is 0 Å². The normalized spacial score (nSPS) is 16.8. The molecule has 0 spiro atoms. The van der Waals surface area contributed by atoms with Crippen molar-refractivity contribution < 1.29 is 9.53 Å². The summed E-state index contributed by atoms with van der Waals surface area (Å²) in [4.78, 5) is 20.4. The fraction of sp³-hybridized carbons (Fsp3) is 0.867. The summed E-state index contributed by atoms with van der Waals surface area (Å²) in [5.74, 6) is 0.849. The van der Waals surface area contributed by atoms with E-state index < -0.39 is 5.60 Å². The number of hydrogen-bond donors (Lipinski definition) is 1. The summed E-state index contributed by atoms with van der Waals surface area (Å²) in [5, 5.41) is 3.35. The molecule has 1 rings (SSSR count). The maximum Gasteiger partial charge on any atom is 0.410 e. The summed E-state index contributed by atoms with van der Waals surface area (Å²) in [5.41, 5.74) is -0.442. The van der Waals surface area contributed by atoms with Crippen molar-refractivity contribution >= 4 is 11.9 Å². The van der Waals surface area contributed by atoms with Crippen LogP contribution in [0.2, 0.25) is 0 Å². The van der Waals surface area contributed by atoms with E-state index >= 15 is 0 Å². The van der Waals surface area contributed by atoms with E-state index in [4.69, 9.17) is 4.74 Å². The van der Waals surface area contributed by atoms with Gasteiger partial charge in [0.25, 0.3) is 0 Å². The van der Waals surface area contributed by atoms with Crippen LogP contribution in [0.25, 0.3) is 0 Å². The third-order valence-electron chi connectivity index (χ3n) is 3.60. The van der Waals surface area contributed by atoms with Crippen molar-refractivity contribution in [2.75, 3.05) is 40.3 Å². The van der Waals surface area contributed by atoms with Crippen molar-refractivity contribution in [1.82, 2.24) is 15.1 Å². The van der Waals surface area contributed by atoms with Crippen LogP contribution in [0.4, 0.5) is 4.79 Å². The molecule has 0 radical (unpaired) electrons. The Balaban J connectivity index is 2.53. The van der Waals surface area contributed by atoms with E-state index in [2.05, 4.69) is 43.2 Å². The second kappa shape index (κ2) is 6.64. The minimum atomic E-state index is -0.466. The first-order valence-electron chi connectivity index (χ1n) is 7.44. The highest BCUT2D eigenvalue weighted by molar-refractivity contribution is 5.87. The van der Waals surface area contributed by atoms with Gasteiger partial charge in [0.15, 0.2) is 0 Å². The number of nitrogens with one attached hydrogen (secondary N) is 1. The first-order valence-corrected chi connectivity index (χ1v) is 7.44. The van der Waals surface area contributed by atoms with Gasteiger partial charge < -0.3 is 15.0 Å². The molecule has 6 heteroatoms. The second-order valence-corrected chi connectivity index (χ2v) is 7.29. The zero-order chi connectivity index (χ0) is 16.3. The molecule has 0 fully saturated rings. The van der Waals surface area contributed by atoms with E-state index in [-0.39, 0.29) is 11.6 Å². The molecule has 0 aliphatic carbocycles. The minimum absolute atomic E-state index is 0.0245. The van der Waals surface area contributed by atoms with E-state index in [9.17, 15) is 4.79 Å². The largest absolute Gasteiger partial charge is 0.444 e. The lowest BCUT2D eigenvalue weighted by Gasteiger charge is -2.35. The molecule has 1 heterocycles. The van der Waals surface area contributed by atoms with Gasteiger partial charge in [-0.05, 0) is 48.7 Å². The molecule has 21 heavy (non-hydrogen) atoms. The molecule has 0 aromatic rings. The smallest absolute Gasteiger partial charge is 0.410 e. The van der Waals surface area contributed by atoms with Gasteiger partial charge in [-0.2, -0.15) is 0 Å². The lowest BCUT2D eigenvalue weighted by molar-refractivity contribution is 0.0276. The Morgan fingerprint density at radius 2 is 1.95 bits per heavy atom. The summed E-state index contributed by atoms with van der Waals surface area (Å²) in [7, 11) is 4.11. The highest BCUT2D eigenvalue weighted by Gasteiger charge is 2.26. The number of rotatable bonds is 3. The van der Waals surface area contributed by atoms with Crippen LogP contribution in [0.5, 0.6) is 0 Å². The Kier molecular flexibility index (Phi) is 5.61. The third-order valence-corrected chi connectivity index (χ3v) is 3.60. The fourth-order valence-electron chi connectivity index (χ4n) is 1.69. The van der Waals surface area contributed by atoms with Crippen molar-refractivity contribution in [2.45, 2.75) is 45.8 Å². The van der Waals surface area contributed by atoms with Crippen LogP contribution < -0.4 is 5.32 Å². The molecule has 0 aromatic carbocycles. The summed E-state index contributed by atoms with van der Waals surface area (Å²) < 4.78 is 5.41. The monoisotopic (exact) mass is 298 g/mol. The van der Waals surface area contributed by atoms with Gasteiger partial charge in [-0.15, -0.1) is 0 Å². The molecule has 0 saturated carbocycles. The number of likely N-dealkylation sites (N-methyl/N-ethyl adjacent to an activating group) is 1. The van der Waals surface area contributed by atoms with E-state index in [1.54, 1.807) is 4.90 Å². The quantitative estimate of drug-likeness (QED) is 0.859. The van der Waals surface area contributed by atoms with Crippen LogP contribution >= 0.6 is 0 Å². The lowest BCUT2D eigenvalue weighted by Crippen LogP contribution is -2.52. The van der Waals surface area contributed by atoms with E-state index in [0.717, 1.165) is 12.4 Å². The molecular formula is C15H30N4O2. The van der Waals surface area contributed by atoms with Gasteiger partial charge in [0.1, 0.15) is 11.4 Å². The average Bonchev–Trinajstić information content (AvgIpc) is 2.34. The van der Waals surface area contributed by atoms with Crippen molar-refractivity contribution in [1.29, 1.82) is 0 Å². The Labute approximate surface area is 128 Å². The Hall–Kier alpha value is -1.30. The molecule has 1 aliphatic rings. The van der Waals surface area contributed by atoms with Gasteiger partial charge in [0.05, 0.1) is 13.1 Å². The topological polar surface area (TPSA) is 57.2 Å². The molecule has 0 bridgehead atoms. The molecule has 0 unspecified atom stereocenters. The fourth-order valence-corrected chi connectivity index (χ4v) is 1.69. The number of ether oxygens (including phenoxy) is 1. The second-order valence-electron chi connectivity index (χ2n) is 7.29. The van der Waals surface area contributed by atoms with Crippen LogP contribution in [-0.4, -0.2) is 73.1 Å². The average molecular weight is 298 g/mol. The molecule has 1 amide bonds.